The molecule has 0 amide bonds. The summed E-state index contributed by atoms with van der Waals surface area (Å²) in [7, 11) is 0. The summed E-state index contributed by atoms with van der Waals surface area (Å²) in [6.45, 7) is 2.16. The first-order chi connectivity index (χ1) is 10.7. The van der Waals surface area contributed by atoms with Gasteiger partial charge in [-0.15, -0.1) is 0 Å². The summed E-state index contributed by atoms with van der Waals surface area (Å²) in [6.07, 6.45) is 17.7. The molecule has 0 rings (SSSR count). The van der Waals surface area contributed by atoms with Gasteiger partial charge in [-0.2, -0.15) is 11.8 Å². The molecule has 126 valence electrons. The number of hydrogen-bond acceptors (Lipinski definition) is 3. The van der Waals surface area contributed by atoms with E-state index < -0.39 is 5.97 Å². The van der Waals surface area contributed by atoms with Crippen molar-refractivity contribution < 1.29 is 15.0 Å². The van der Waals surface area contributed by atoms with E-state index in [0.29, 0.717) is 6.42 Å². The third kappa shape index (κ3) is 17.1. The van der Waals surface area contributed by atoms with Crippen molar-refractivity contribution in [3.05, 3.63) is 36.5 Å². The first-order valence-electron chi connectivity index (χ1n) is 8.12. The Balaban J connectivity index is 3.46. The molecule has 0 saturated carbocycles. The summed E-state index contributed by atoms with van der Waals surface area (Å²) in [4.78, 5) is 10.3. The molecule has 3 nitrogen and oxygen atoms in total. The van der Waals surface area contributed by atoms with Crippen LogP contribution in [0.2, 0.25) is 0 Å². The Morgan fingerprint density at radius 1 is 1.09 bits per heavy atom. The zero-order chi connectivity index (χ0) is 16.5. The molecule has 0 aliphatic heterocycles. The number of aliphatic carboxylic acids is 1. The Labute approximate surface area is 139 Å². The normalized spacial score (nSPS) is 13.5. The van der Waals surface area contributed by atoms with Crippen LogP contribution in [-0.2, 0) is 4.79 Å². The van der Waals surface area contributed by atoms with Crippen LogP contribution < -0.4 is 0 Å². The van der Waals surface area contributed by atoms with E-state index in [9.17, 15) is 9.90 Å². The van der Waals surface area contributed by atoms with E-state index in [1.165, 1.54) is 12.8 Å². The highest BCUT2D eigenvalue weighted by Gasteiger charge is 1.96. The second kappa shape index (κ2) is 16.4. The van der Waals surface area contributed by atoms with Gasteiger partial charge in [0.05, 0.1) is 6.10 Å². The Kier molecular flexibility index (Phi) is 15.6. The van der Waals surface area contributed by atoms with Crippen LogP contribution in [0.4, 0.5) is 0 Å². The molecule has 0 heterocycles. The van der Waals surface area contributed by atoms with Crippen molar-refractivity contribution in [2.24, 2.45) is 0 Å². The maximum absolute atomic E-state index is 10.3. The van der Waals surface area contributed by atoms with Crippen LogP contribution in [0.5, 0.6) is 0 Å². The fourth-order valence-corrected chi connectivity index (χ4v) is 2.44. The molecule has 0 spiro atoms. The smallest absolute Gasteiger partial charge is 0.303 e. The Hall–Kier alpha value is -1.00. The lowest BCUT2D eigenvalue weighted by Crippen LogP contribution is -2.00. The number of carboxylic acids is 1. The van der Waals surface area contributed by atoms with Crippen molar-refractivity contribution in [3.63, 3.8) is 0 Å². The summed E-state index contributed by atoms with van der Waals surface area (Å²) >= 11 is 1.81. The minimum atomic E-state index is -0.726. The Bertz CT molecular complexity index is 348. The zero-order valence-electron chi connectivity index (χ0n) is 13.6. The van der Waals surface area contributed by atoms with Crippen LogP contribution >= 0.6 is 11.8 Å². The van der Waals surface area contributed by atoms with E-state index >= 15 is 0 Å². The van der Waals surface area contributed by atoms with Gasteiger partial charge in [0.15, 0.2) is 0 Å². The molecular formula is C18H30O3S. The molecule has 0 aromatic rings. The highest BCUT2D eigenvalue weighted by Crippen LogP contribution is 2.05. The molecule has 0 aromatic carbocycles. The molecule has 2 N–H and O–H groups in total. The predicted molar refractivity (Wildman–Crippen MR) is 96.4 cm³/mol. The molecule has 0 unspecified atom stereocenters. The lowest BCUT2D eigenvalue weighted by atomic mass is 10.1. The quantitative estimate of drug-likeness (QED) is 0.278. The summed E-state index contributed by atoms with van der Waals surface area (Å²) in [5, 5.41) is 18.2. The zero-order valence-corrected chi connectivity index (χ0v) is 14.4. The lowest BCUT2D eigenvalue weighted by Gasteiger charge is -2.02. The number of unbranched alkanes of at least 4 members (excludes halogenated alkanes) is 3. The van der Waals surface area contributed by atoms with Gasteiger partial charge in [0.25, 0.3) is 0 Å². The monoisotopic (exact) mass is 326 g/mol. The van der Waals surface area contributed by atoms with Crippen molar-refractivity contribution in [1.29, 1.82) is 0 Å². The van der Waals surface area contributed by atoms with E-state index in [-0.39, 0.29) is 12.5 Å². The fraction of sp³-hybridized carbons (Fsp3) is 0.611. The van der Waals surface area contributed by atoms with Gasteiger partial charge in [-0.1, -0.05) is 62.6 Å². The van der Waals surface area contributed by atoms with Crippen molar-refractivity contribution >= 4 is 17.7 Å². The number of thioether (sulfide) groups is 1. The summed E-state index contributed by atoms with van der Waals surface area (Å²) in [5.74, 6) is 1.16. The van der Waals surface area contributed by atoms with Gasteiger partial charge in [-0.05, 0) is 19.3 Å². The largest absolute Gasteiger partial charge is 0.481 e. The second-order valence-corrected chi connectivity index (χ2v) is 6.25. The van der Waals surface area contributed by atoms with Crippen molar-refractivity contribution in [3.8, 4) is 0 Å². The average Bonchev–Trinajstić information content (AvgIpc) is 2.48. The van der Waals surface area contributed by atoms with E-state index in [1.807, 2.05) is 24.3 Å². The first kappa shape index (κ1) is 21.0. The van der Waals surface area contributed by atoms with Crippen molar-refractivity contribution in [1.82, 2.24) is 0 Å². The van der Waals surface area contributed by atoms with Crippen molar-refractivity contribution in [2.75, 3.05) is 11.5 Å². The van der Waals surface area contributed by atoms with Gasteiger partial charge >= 0.3 is 5.97 Å². The van der Waals surface area contributed by atoms with E-state index in [1.54, 1.807) is 11.8 Å². The molecule has 0 aliphatic carbocycles. The SMILES string of the molecule is CCCCC[C@H](O)C=CC=CCSC/C=C\CCCC(=O)O. The number of aliphatic hydroxyl groups is 1. The van der Waals surface area contributed by atoms with Gasteiger partial charge in [0.2, 0.25) is 0 Å². The number of hydrogen-bond donors (Lipinski definition) is 2. The van der Waals surface area contributed by atoms with Gasteiger partial charge in [0.1, 0.15) is 0 Å². The van der Waals surface area contributed by atoms with Crippen LogP contribution in [0.25, 0.3) is 0 Å². The molecule has 4 heteroatoms. The first-order valence-corrected chi connectivity index (χ1v) is 9.28. The molecule has 0 radical (unpaired) electrons. The maximum atomic E-state index is 10.3. The van der Waals surface area contributed by atoms with Crippen LogP contribution in [-0.4, -0.2) is 33.8 Å². The molecular weight excluding hydrogens is 296 g/mol. The molecule has 0 aliphatic rings. The number of carbonyl (C=O) groups is 1. The van der Waals surface area contributed by atoms with E-state index in [0.717, 1.165) is 30.8 Å². The summed E-state index contributed by atoms with van der Waals surface area (Å²) in [6, 6.07) is 0. The number of rotatable bonds is 14. The molecule has 0 fully saturated rings. The molecule has 0 saturated heterocycles. The highest BCUT2D eigenvalue weighted by molar-refractivity contribution is 7.99. The molecule has 22 heavy (non-hydrogen) atoms. The standard InChI is InChI=1S/C18H30O3S/c1-2-3-7-12-17(19)13-8-6-11-16-22-15-10-5-4-9-14-18(20)21/h5-6,8,10-11,13,17,19H,2-4,7,9,12,14-16H2,1H3,(H,20,21)/b10-5-,11-6?,13-8?/t17-/m0/s1. The molecule has 1 atom stereocenters. The molecule has 0 aromatic heterocycles. The minimum absolute atomic E-state index is 0.247. The summed E-state index contributed by atoms with van der Waals surface area (Å²) < 4.78 is 0. The number of allylic oxidation sites excluding steroid dienone is 3. The van der Waals surface area contributed by atoms with E-state index in [4.69, 9.17) is 5.11 Å². The third-order valence-corrected chi connectivity index (χ3v) is 3.90. The van der Waals surface area contributed by atoms with Crippen molar-refractivity contribution in [2.45, 2.75) is 58.0 Å². The maximum Gasteiger partial charge on any atom is 0.303 e. The average molecular weight is 327 g/mol. The summed E-state index contributed by atoms with van der Waals surface area (Å²) in [5.41, 5.74) is 0. The van der Waals surface area contributed by atoms with Crippen LogP contribution in [0.15, 0.2) is 36.5 Å². The van der Waals surface area contributed by atoms with Crippen LogP contribution in [0.1, 0.15) is 51.9 Å². The number of carboxylic acid groups (broad SMARTS) is 1. The second-order valence-electron chi connectivity index (χ2n) is 5.17. The number of aliphatic hydroxyl groups excluding tert-OH is 1. The Morgan fingerprint density at radius 2 is 1.86 bits per heavy atom. The van der Waals surface area contributed by atoms with E-state index in [2.05, 4.69) is 19.1 Å². The fourth-order valence-electron chi connectivity index (χ4n) is 1.79. The van der Waals surface area contributed by atoms with Crippen LogP contribution in [0.3, 0.4) is 0 Å². The Morgan fingerprint density at radius 3 is 2.59 bits per heavy atom. The lowest BCUT2D eigenvalue weighted by molar-refractivity contribution is -0.137. The predicted octanol–water partition coefficient (Wildman–Crippen LogP) is 4.58. The third-order valence-electron chi connectivity index (χ3n) is 3.04. The van der Waals surface area contributed by atoms with Gasteiger partial charge in [0, 0.05) is 17.9 Å². The minimum Gasteiger partial charge on any atom is -0.481 e. The highest BCUT2D eigenvalue weighted by atomic mass is 32.2. The van der Waals surface area contributed by atoms with Gasteiger partial charge in [-0.3, -0.25) is 4.79 Å². The van der Waals surface area contributed by atoms with Crippen LogP contribution in [0, 0.1) is 0 Å². The topological polar surface area (TPSA) is 57.5 Å². The van der Waals surface area contributed by atoms with Gasteiger partial charge < -0.3 is 10.2 Å². The van der Waals surface area contributed by atoms with Gasteiger partial charge in [-0.25, -0.2) is 0 Å². The molecule has 0 bridgehead atoms.